The maximum absolute atomic E-state index is 12.2. The second-order valence-corrected chi connectivity index (χ2v) is 6.68. The quantitative estimate of drug-likeness (QED) is 0.947. The summed E-state index contributed by atoms with van der Waals surface area (Å²) in [5.41, 5.74) is 3.55. The molecule has 0 spiro atoms. The van der Waals surface area contributed by atoms with E-state index in [2.05, 4.69) is 23.5 Å². The van der Waals surface area contributed by atoms with Gasteiger partial charge in [-0.05, 0) is 35.4 Å². The Morgan fingerprint density at radius 3 is 2.77 bits per heavy atom. The number of benzene rings is 2. The number of carbonyl (C=O) groups is 2. The van der Waals surface area contributed by atoms with Gasteiger partial charge in [-0.25, -0.2) is 0 Å². The first-order chi connectivity index (χ1) is 10.7. The number of carbonyl (C=O) groups excluding carboxylic acids is 2. The SMILES string of the molecule is O=C(CN1CSCC1=O)Nc1ccc2c3c(cccc13)CC2. The first kappa shape index (κ1) is 13.6. The zero-order chi connectivity index (χ0) is 15.1. The van der Waals surface area contributed by atoms with Crippen molar-refractivity contribution in [2.24, 2.45) is 0 Å². The molecular formula is C17H16N2O2S. The number of rotatable bonds is 3. The van der Waals surface area contributed by atoms with Crippen LogP contribution in [0.15, 0.2) is 30.3 Å². The fraction of sp³-hybridized carbons (Fsp3) is 0.294. The van der Waals surface area contributed by atoms with E-state index >= 15 is 0 Å². The number of nitrogens with zero attached hydrogens (tertiary/aromatic N) is 1. The summed E-state index contributed by atoms with van der Waals surface area (Å²) in [7, 11) is 0. The molecule has 0 bridgehead atoms. The highest BCUT2D eigenvalue weighted by molar-refractivity contribution is 8.00. The average Bonchev–Trinajstić information content (AvgIpc) is 3.10. The molecule has 1 aliphatic heterocycles. The molecule has 2 amide bonds. The Labute approximate surface area is 132 Å². The van der Waals surface area contributed by atoms with E-state index in [1.807, 2.05) is 12.1 Å². The van der Waals surface area contributed by atoms with Gasteiger partial charge in [-0.3, -0.25) is 9.59 Å². The molecule has 112 valence electrons. The van der Waals surface area contributed by atoms with Crippen LogP contribution in [0.5, 0.6) is 0 Å². The van der Waals surface area contributed by atoms with Crippen molar-refractivity contribution in [3.8, 4) is 0 Å². The van der Waals surface area contributed by atoms with Crippen molar-refractivity contribution in [3.05, 3.63) is 41.5 Å². The number of aryl methyl sites for hydroxylation is 2. The third-order valence-corrected chi connectivity index (χ3v) is 5.26. The van der Waals surface area contributed by atoms with Gasteiger partial charge >= 0.3 is 0 Å². The van der Waals surface area contributed by atoms with E-state index < -0.39 is 0 Å². The Morgan fingerprint density at radius 2 is 2.00 bits per heavy atom. The summed E-state index contributed by atoms with van der Waals surface area (Å²) in [5.74, 6) is 1.000. The van der Waals surface area contributed by atoms with Gasteiger partial charge in [0.25, 0.3) is 0 Å². The number of amides is 2. The smallest absolute Gasteiger partial charge is 0.244 e. The molecule has 0 radical (unpaired) electrons. The number of hydrogen-bond donors (Lipinski definition) is 1. The summed E-state index contributed by atoms with van der Waals surface area (Å²) < 4.78 is 0. The second kappa shape index (κ2) is 5.32. The van der Waals surface area contributed by atoms with E-state index in [0.29, 0.717) is 11.6 Å². The van der Waals surface area contributed by atoms with Crippen molar-refractivity contribution >= 4 is 40.0 Å². The molecule has 5 heteroatoms. The Balaban J connectivity index is 1.60. The van der Waals surface area contributed by atoms with Crippen molar-refractivity contribution < 1.29 is 9.59 Å². The van der Waals surface area contributed by atoms with Gasteiger partial charge in [0.2, 0.25) is 11.8 Å². The molecule has 1 saturated heterocycles. The maximum atomic E-state index is 12.2. The Bertz CT molecular complexity index is 777. The summed E-state index contributed by atoms with van der Waals surface area (Å²) in [5, 5.41) is 5.36. The molecule has 1 heterocycles. The van der Waals surface area contributed by atoms with E-state index in [9.17, 15) is 9.59 Å². The van der Waals surface area contributed by atoms with Gasteiger partial charge in [0, 0.05) is 11.1 Å². The topological polar surface area (TPSA) is 49.4 Å². The number of anilines is 1. The van der Waals surface area contributed by atoms with Crippen LogP contribution < -0.4 is 5.32 Å². The minimum atomic E-state index is -0.130. The first-order valence-corrected chi connectivity index (χ1v) is 8.57. The third-order valence-electron chi connectivity index (χ3n) is 4.31. The minimum Gasteiger partial charge on any atom is -0.324 e. The fourth-order valence-electron chi connectivity index (χ4n) is 3.26. The summed E-state index contributed by atoms with van der Waals surface area (Å²) in [6, 6.07) is 10.3. The van der Waals surface area contributed by atoms with Gasteiger partial charge in [-0.2, -0.15) is 0 Å². The van der Waals surface area contributed by atoms with Crippen LogP contribution in [0, 0.1) is 0 Å². The number of thioether (sulfide) groups is 1. The first-order valence-electron chi connectivity index (χ1n) is 7.41. The highest BCUT2D eigenvalue weighted by atomic mass is 32.2. The highest BCUT2D eigenvalue weighted by Crippen LogP contribution is 2.34. The van der Waals surface area contributed by atoms with E-state index in [0.717, 1.165) is 23.9 Å². The Morgan fingerprint density at radius 1 is 1.18 bits per heavy atom. The summed E-state index contributed by atoms with van der Waals surface area (Å²) >= 11 is 1.55. The number of hydrogen-bond acceptors (Lipinski definition) is 3. The van der Waals surface area contributed by atoms with Crippen LogP contribution in [0.3, 0.4) is 0 Å². The van der Waals surface area contributed by atoms with Crippen molar-refractivity contribution in [2.45, 2.75) is 12.8 Å². The molecule has 1 fully saturated rings. The van der Waals surface area contributed by atoms with E-state index in [1.165, 1.54) is 16.5 Å². The molecule has 22 heavy (non-hydrogen) atoms. The van der Waals surface area contributed by atoms with E-state index in [1.54, 1.807) is 16.7 Å². The predicted molar refractivity (Wildman–Crippen MR) is 89.0 cm³/mol. The van der Waals surface area contributed by atoms with Gasteiger partial charge in [-0.1, -0.05) is 24.3 Å². The second-order valence-electron chi connectivity index (χ2n) is 5.73. The van der Waals surface area contributed by atoms with Crippen LogP contribution in [-0.4, -0.2) is 34.9 Å². The van der Waals surface area contributed by atoms with Crippen LogP contribution in [0.1, 0.15) is 11.1 Å². The molecule has 4 nitrogen and oxygen atoms in total. The Kier molecular flexibility index (Phi) is 3.30. The standard InChI is InChI=1S/C17H16N2O2S/c20-15(8-19-10-22-9-16(19)21)18-14-7-6-12-5-4-11-2-1-3-13(14)17(11)12/h1-3,6-7H,4-5,8-10H2,(H,18,20). The molecule has 1 aliphatic carbocycles. The van der Waals surface area contributed by atoms with Gasteiger partial charge in [0.1, 0.15) is 6.54 Å². The van der Waals surface area contributed by atoms with E-state index in [4.69, 9.17) is 0 Å². The molecule has 2 aromatic carbocycles. The van der Waals surface area contributed by atoms with Crippen molar-refractivity contribution in [1.82, 2.24) is 4.90 Å². The lowest BCUT2D eigenvalue weighted by Crippen LogP contribution is -2.34. The summed E-state index contributed by atoms with van der Waals surface area (Å²) in [6.07, 6.45) is 2.15. The van der Waals surface area contributed by atoms with Crippen molar-refractivity contribution in [1.29, 1.82) is 0 Å². The zero-order valence-corrected chi connectivity index (χ0v) is 12.9. The molecule has 0 aromatic heterocycles. The molecule has 0 unspecified atom stereocenters. The lowest BCUT2D eigenvalue weighted by molar-refractivity contribution is -0.130. The lowest BCUT2D eigenvalue weighted by atomic mass is 10.0. The third kappa shape index (κ3) is 2.25. The molecule has 4 rings (SSSR count). The molecule has 1 N–H and O–H groups in total. The summed E-state index contributed by atoms with van der Waals surface area (Å²) in [6.45, 7) is 0.134. The normalized spacial score (nSPS) is 16.5. The van der Waals surface area contributed by atoms with Crippen molar-refractivity contribution in [3.63, 3.8) is 0 Å². The van der Waals surface area contributed by atoms with Crippen LogP contribution in [0.2, 0.25) is 0 Å². The zero-order valence-electron chi connectivity index (χ0n) is 12.1. The average molecular weight is 312 g/mol. The largest absolute Gasteiger partial charge is 0.324 e. The van der Waals surface area contributed by atoms with Crippen LogP contribution >= 0.6 is 11.8 Å². The molecule has 2 aromatic rings. The lowest BCUT2D eigenvalue weighted by Gasteiger charge is -2.15. The highest BCUT2D eigenvalue weighted by Gasteiger charge is 2.23. The molecular weight excluding hydrogens is 296 g/mol. The molecule has 0 saturated carbocycles. The summed E-state index contributed by atoms with van der Waals surface area (Å²) in [4.78, 5) is 25.4. The van der Waals surface area contributed by atoms with Gasteiger partial charge in [-0.15, -0.1) is 11.8 Å². The maximum Gasteiger partial charge on any atom is 0.244 e. The number of nitrogens with one attached hydrogen (secondary N) is 1. The van der Waals surface area contributed by atoms with Gasteiger partial charge in [0.15, 0.2) is 0 Å². The van der Waals surface area contributed by atoms with Crippen LogP contribution in [0.25, 0.3) is 10.8 Å². The monoisotopic (exact) mass is 312 g/mol. The molecule has 0 atom stereocenters. The minimum absolute atomic E-state index is 0.0422. The van der Waals surface area contributed by atoms with Crippen LogP contribution in [0.4, 0.5) is 5.69 Å². The van der Waals surface area contributed by atoms with Crippen LogP contribution in [-0.2, 0) is 22.4 Å². The Hall–Kier alpha value is -2.01. The molecule has 2 aliphatic rings. The van der Waals surface area contributed by atoms with E-state index in [-0.39, 0.29) is 18.4 Å². The van der Waals surface area contributed by atoms with Gasteiger partial charge in [0.05, 0.1) is 11.6 Å². The van der Waals surface area contributed by atoms with Gasteiger partial charge < -0.3 is 10.2 Å². The fourth-order valence-corrected chi connectivity index (χ4v) is 4.16. The van der Waals surface area contributed by atoms with Crippen molar-refractivity contribution in [2.75, 3.05) is 23.5 Å². The predicted octanol–water partition coefficient (Wildman–Crippen LogP) is 2.41.